The van der Waals surface area contributed by atoms with E-state index in [0.29, 0.717) is 34.1 Å². The van der Waals surface area contributed by atoms with Gasteiger partial charge in [-0.1, -0.05) is 35.5 Å². The molecule has 2 aromatic carbocycles. The molecule has 39 heavy (non-hydrogen) atoms. The summed E-state index contributed by atoms with van der Waals surface area (Å²) in [6, 6.07) is 10.4. The lowest BCUT2D eigenvalue weighted by Crippen LogP contribution is -2.51. The van der Waals surface area contributed by atoms with Gasteiger partial charge in [-0.05, 0) is 82.9 Å². The SMILES string of the molecule is COP(=O)(OC)OC[C@@](C)(CCCc1ccc(Sc2cccc(C(F)(F)F)c2)cc1Cl)NC(=O)OC(C)(C)C. The summed E-state index contributed by atoms with van der Waals surface area (Å²) in [4.78, 5) is 13.6. The van der Waals surface area contributed by atoms with Crippen LogP contribution in [-0.4, -0.2) is 38.1 Å². The maximum atomic E-state index is 13.0. The lowest BCUT2D eigenvalue weighted by molar-refractivity contribution is -0.137. The summed E-state index contributed by atoms with van der Waals surface area (Å²) in [5, 5.41) is 3.25. The first kappa shape index (κ1) is 33.5. The van der Waals surface area contributed by atoms with E-state index in [4.69, 9.17) is 29.9 Å². The maximum absolute atomic E-state index is 13.0. The Hall–Kier alpha value is -1.75. The minimum atomic E-state index is -4.42. The van der Waals surface area contributed by atoms with Crippen LogP contribution in [0.25, 0.3) is 0 Å². The van der Waals surface area contributed by atoms with Crippen LogP contribution >= 0.6 is 31.2 Å². The molecule has 0 aromatic heterocycles. The van der Waals surface area contributed by atoms with Crippen LogP contribution in [-0.2, 0) is 35.5 Å². The van der Waals surface area contributed by atoms with Gasteiger partial charge in [0, 0.05) is 29.0 Å². The van der Waals surface area contributed by atoms with Crippen LogP contribution in [0.15, 0.2) is 52.3 Å². The Balaban J connectivity index is 2.08. The quantitative estimate of drug-likeness (QED) is 0.241. The van der Waals surface area contributed by atoms with E-state index < -0.39 is 36.8 Å². The highest BCUT2D eigenvalue weighted by atomic mass is 35.5. The van der Waals surface area contributed by atoms with Crippen molar-refractivity contribution >= 4 is 37.3 Å². The van der Waals surface area contributed by atoms with Gasteiger partial charge in [0.1, 0.15) is 5.60 Å². The molecule has 0 bridgehead atoms. The van der Waals surface area contributed by atoms with Crippen molar-refractivity contribution in [3.8, 4) is 0 Å². The number of aryl methyl sites for hydroxylation is 1. The molecule has 13 heteroatoms. The average molecular weight is 612 g/mol. The number of ether oxygens (including phenoxy) is 1. The highest BCUT2D eigenvalue weighted by molar-refractivity contribution is 7.99. The van der Waals surface area contributed by atoms with Gasteiger partial charge in [0.15, 0.2) is 0 Å². The van der Waals surface area contributed by atoms with Gasteiger partial charge in [0.2, 0.25) is 0 Å². The molecular weight excluding hydrogens is 578 g/mol. The van der Waals surface area contributed by atoms with Crippen molar-refractivity contribution < 1.29 is 40.8 Å². The van der Waals surface area contributed by atoms with Crippen molar-refractivity contribution in [1.82, 2.24) is 5.32 Å². The molecule has 1 N–H and O–H groups in total. The van der Waals surface area contributed by atoms with Gasteiger partial charge in [-0.25, -0.2) is 9.36 Å². The molecule has 0 aliphatic heterocycles. The molecule has 2 rings (SSSR count). The van der Waals surface area contributed by atoms with E-state index in [0.717, 1.165) is 17.7 Å². The first-order valence-corrected chi connectivity index (χ1v) is 14.6. The number of halogens is 4. The number of phosphoric acid groups is 1. The van der Waals surface area contributed by atoms with Crippen molar-refractivity contribution in [2.75, 3.05) is 20.8 Å². The van der Waals surface area contributed by atoms with Crippen LogP contribution in [0.4, 0.5) is 18.0 Å². The van der Waals surface area contributed by atoms with Crippen molar-refractivity contribution in [2.24, 2.45) is 0 Å². The number of carbonyl (C=O) groups excluding carboxylic acids is 1. The number of alkyl halides is 3. The number of rotatable bonds is 12. The van der Waals surface area contributed by atoms with Gasteiger partial charge in [-0.15, -0.1) is 0 Å². The van der Waals surface area contributed by atoms with E-state index in [2.05, 4.69) is 5.32 Å². The Labute approximate surface area is 236 Å². The largest absolute Gasteiger partial charge is 0.474 e. The summed E-state index contributed by atoms with van der Waals surface area (Å²) in [6.45, 7) is 6.76. The summed E-state index contributed by atoms with van der Waals surface area (Å²) >= 11 is 7.67. The van der Waals surface area contributed by atoms with Crippen LogP contribution < -0.4 is 5.32 Å². The lowest BCUT2D eigenvalue weighted by atomic mass is 9.94. The molecule has 0 spiro atoms. The number of hydrogen-bond donors (Lipinski definition) is 1. The van der Waals surface area contributed by atoms with Crippen LogP contribution in [0.1, 0.15) is 51.7 Å². The van der Waals surface area contributed by atoms with Gasteiger partial charge in [0.25, 0.3) is 0 Å². The van der Waals surface area contributed by atoms with Gasteiger partial charge >= 0.3 is 20.1 Å². The second-order valence-corrected chi connectivity index (χ2v) is 13.4. The monoisotopic (exact) mass is 611 g/mol. The number of nitrogens with one attached hydrogen (secondary N) is 1. The van der Waals surface area contributed by atoms with Crippen molar-refractivity contribution in [1.29, 1.82) is 0 Å². The topological polar surface area (TPSA) is 83.1 Å². The van der Waals surface area contributed by atoms with Crippen molar-refractivity contribution in [3.05, 3.63) is 58.6 Å². The van der Waals surface area contributed by atoms with Crippen LogP contribution in [0.3, 0.4) is 0 Å². The minimum Gasteiger partial charge on any atom is -0.444 e. The highest BCUT2D eigenvalue weighted by Crippen LogP contribution is 2.48. The zero-order valence-electron chi connectivity index (χ0n) is 22.7. The molecule has 0 heterocycles. The van der Waals surface area contributed by atoms with Crippen molar-refractivity contribution in [3.63, 3.8) is 0 Å². The number of alkyl carbamates (subject to hydrolysis) is 1. The highest BCUT2D eigenvalue weighted by Gasteiger charge is 2.34. The molecule has 0 unspecified atom stereocenters. The molecule has 0 saturated carbocycles. The van der Waals surface area contributed by atoms with E-state index in [-0.39, 0.29) is 6.61 Å². The molecule has 0 saturated heterocycles. The molecule has 0 radical (unpaired) electrons. The molecule has 0 fully saturated rings. The van der Waals surface area contributed by atoms with Gasteiger partial charge in [0.05, 0.1) is 17.7 Å². The third-order valence-corrected chi connectivity index (χ3v) is 8.06. The van der Waals surface area contributed by atoms with E-state index in [1.165, 1.54) is 32.0 Å². The fraction of sp³-hybridized carbons (Fsp3) is 0.500. The first-order valence-electron chi connectivity index (χ1n) is 12.0. The maximum Gasteiger partial charge on any atom is 0.474 e. The summed E-state index contributed by atoms with van der Waals surface area (Å²) in [6.07, 6.45) is -3.59. The molecular formula is C26H34ClF3NO6PS. The second kappa shape index (κ2) is 13.7. The number of hydrogen-bond acceptors (Lipinski definition) is 7. The molecule has 7 nitrogen and oxygen atoms in total. The fourth-order valence-corrected chi connectivity index (χ4v) is 5.52. The van der Waals surface area contributed by atoms with E-state index >= 15 is 0 Å². The second-order valence-electron chi connectivity index (χ2n) is 10.0. The Morgan fingerprint density at radius 3 is 2.23 bits per heavy atom. The molecule has 1 atom stereocenters. The predicted molar refractivity (Wildman–Crippen MR) is 145 cm³/mol. The molecule has 1 amide bonds. The summed E-state index contributed by atoms with van der Waals surface area (Å²) < 4.78 is 71.9. The van der Waals surface area contributed by atoms with Crippen LogP contribution in [0.5, 0.6) is 0 Å². The summed E-state index contributed by atoms with van der Waals surface area (Å²) in [7, 11) is -1.40. The van der Waals surface area contributed by atoms with E-state index in [1.807, 2.05) is 6.07 Å². The van der Waals surface area contributed by atoms with E-state index in [9.17, 15) is 22.5 Å². The Bertz CT molecular complexity index is 1170. The first-order chi connectivity index (χ1) is 18.0. The van der Waals surface area contributed by atoms with Crippen molar-refractivity contribution in [2.45, 2.75) is 74.1 Å². The van der Waals surface area contributed by atoms with Gasteiger partial charge < -0.3 is 10.1 Å². The Kier molecular flexibility index (Phi) is 11.8. The van der Waals surface area contributed by atoms with Gasteiger partial charge in [-0.3, -0.25) is 13.6 Å². The van der Waals surface area contributed by atoms with Gasteiger partial charge in [-0.2, -0.15) is 13.2 Å². The standard InChI is InChI=1S/C26H34ClF3NO6PS/c1-24(2,3)37-23(32)31-25(4,17-36-38(33,34-5)35-6)14-8-9-18-12-13-21(16-22(18)27)39-20-11-7-10-19(15-20)26(28,29)30/h7,10-13,15-16H,8-9,14,17H2,1-6H3,(H,31,32)/t25-/m1/s1. The minimum absolute atomic E-state index is 0.175. The summed E-state index contributed by atoms with van der Waals surface area (Å²) in [5.74, 6) is 0. The Morgan fingerprint density at radius 2 is 1.67 bits per heavy atom. The third kappa shape index (κ3) is 11.3. The zero-order chi connectivity index (χ0) is 29.5. The van der Waals surface area contributed by atoms with E-state index in [1.54, 1.807) is 45.9 Å². The Morgan fingerprint density at radius 1 is 1.03 bits per heavy atom. The molecule has 0 aliphatic carbocycles. The number of carbonyl (C=O) groups is 1. The normalized spacial score (nSPS) is 14.1. The summed E-state index contributed by atoms with van der Waals surface area (Å²) in [5.41, 5.74) is -1.60. The lowest BCUT2D eigenvalue weighted by Gasteiger charge is -2.32. The molecule has 218 valence electrons. The number of benzene rings is 2. The molecule has 0 aliphatic rings. The average Bonchev–Trinajstić information content (AvgIpc) is 2.82. The fourth-order valence-electron chi connectivity index (χ4n) is 3.46. The van der Waals surface area contributed by atoms with Crippen LogP contribution in [0, 0.1) is 0 Å². The number of phosphoric ester groups is 1. The number of amides is 1. The van der Waals surface area contributed by atoms with Crippen LogP contribution in [0.2, 0.25) is 5.02 Å². The predicted octanol–water partition coefficient (Wildman–Crippen LogP) is 8.53. The third-order valence-electron chi connectivity index (χ3n) is 5.39. The molecule has 2 aromatic rings. The smallest absolute Gasteiger partial charge is 0.444 e. The zero-order valence-corrected chi connectivity index (χ0v) is 25.2.